The molecule has 1 aliphatic rings. The number of anilines is 1. The Balaban J connectivity index is 1.71. The van der Waals surface area contributed by atoms with Gasteiger partial charge in [-0.2, -0.15) is 0 Å². The van der Waals surface area contributed by atoms with E-state index < -0.39 is 0 Å². The fourth-order valence-electron chi connectivity index (χ4n) is 3.57. The zero-order chi connectivity index (χ0) is 18.7. The number of likely N-dealkylation sites (tertiary alicyclic amines) is 1. The number of methoxy groups -OCH3 is 1. The van der Waals surface area contributed by atoms with Gasteiger partial charge in [0.05, 0.1) is 19.3 Å². The Kier molecular flexibility index (Phi) is 5.84. The van der Waals surface area contributed by atoms with E-state index >= 15 is 0 Å². The molecule has 138 valence electrons. The number of aryl methyl sites for hydroxylation is 2. The first-order valence-corrected chi connectivity index (χ1v) is 9.30. The number of rotatable bonds is 5. The maximum atomic E-state index is 12.6. The van der Waals surface area contributed by atoms with Crippen molar-refractivity contribution in [3.05, 3.63) is 58.1 Å². The molecule has 2 aromatic rings. The lowest BCUT2D eigenvalue weighted by Gasteiger charge is -2.24. The zero-order valence-electron chi connectivity index (χ0n) is 15.5. The Morgan fingerprint density at radius 1 is 1.31 bits per heavy atom. The Labute approximate surface area is 160 Å². The first-order chi connectivity index (χ1) is 12.5. The standard InChI is InChI=1S/C21H25ClN2O2/c1-14-6-4-7-16(10-14)19-8-5-9-24(19)13-21(25)23-18-11-15(2)17(22)12-20(18)26-3/h4,6-7,10-12,19H,5,8-9,13H2,1-3H3,(H,23,25). The molecule has 1 N–H and O–H groups in total. The van der Waals surface area contributed by atoms with E-state index in [9.17, 15) is 4.79 Å². The molecule has 1 saturated heterocycles. The lowest BCUT2D eigenvalue weighted by atomic mass is 10.0. The van der Waals surface area contributed by atoms with E-state index in [2.05, 4.69) is 41.4 Å². The SMILES string of the molecule is COc1cc(Cl)c(C)cc1NC(=O)CN1CCCC1c1cccc(C)c1. The summed E-state index contributed by atoms with van der Waals surface area (Å²) >= 11 is 6.14. The number of ether oxygens (including phenoxy) is 1. The number of nitrogens with one attached hydrogen (secondary N) is 1. The topological polar surface area (TPSA) is 41.6 Å². The molecular weight excluding hydrogens is 348 g/mol. The molecule has 26 heavy (non-hydrogen) atoms. The molecular formula is C21H25ClN2O2. The molecule has 1 heterocycles. The van der Waals surface area contributed by atoms with Crippen molar-refractivity contribution in [2.75, 3.05) is 25.5 Å². The quantitative estimate of drug-likeness (QED) is 0.824. The number of benzene rings is 2. The van der Waals surface area contributed by atoms with Crippen molar-refractivity contribution in [1.82, 2.24) is 4.90 Å². The average Bonchev–Trinajstić information content (AvgIpc) is 3.06. The van der Waals surface area contributed by atoms with Gasteiger partial charge in [0.25, 0.3) is 0 Å². The highest BCUT2D eigenvalue weighted by molar-refractivity contribution is 6.31. The van der Waals surface area contributed by atoms with Crippen molar-refractivity contribution in [1.29, 1.82) is 0 Å². The highest BCUT2D eigenvalue weighted by atomic mass is 35.5. The Bertz CT molecular complexity index is 807. The minimum atomic E-state index is -0.0374. The molecule has 0 aliphatic carbocycles. The van der Waals surface area contributed by atoms with Crippen LogP contribution in [0.15, 0.2) is 36.4 Å². The van der Waals surface area contributed by atoms with Gasteiger partial charge in [-0.15, -0.1) is 0 Å². The molecule has 0 aromatic heterocycles. The van der Waals surface area contributed by atoms with Gasteiger partial charge in [-0.1, -0.05) is 41.4 Å². The predicted molar refractivity (Wildman–Crippen MR) is 106 cm³/mol. The van der Waals surface area contributed by atoms with Crippen molar-refractivity contribution in [2.24, 2.45) is 0 Å². The van der Waals surface area contributed by atoms with Gasteiger partial charge in [-0.25, -0.2) is 0 Å². The minimum Gasteiger partial charge on any atom is -0.495 e. The van der Waals surface area contributed by atoms with E-state index in [1.807, 2.05) is 13.0 Å². The maximum absolute atomic E-state index is 12.6. The summed E-state index contributed by atoms with van der Waals surface area (Å²) in [6, 6.07) is 12.4. The van der Waals surface area contributed by atoms with Crippen molar-refractivity contribution in [2.45, 2.75) is 32.7 Å². The van der Waals surface area contributed by atoms with E-state index in [1.165, 1.54) is 11.1 Å². The highest BCUT2D eigenvalue weighted by Crippen LogP contribution is 2.33. The van der Waals surface area contributed by atoms with Crippen LogP contribution in [0.2, 0.25) is 5.02 Å². The van der Waals surface area contributed by atoms with E-state index in [1.54, 1.807) is 13.2 Å². The Hall–Kier alpha value is -2.04. The van der Waals surface area contributed by atoms with Crippen molar-refractivity contribution < 1.29 is 9.53 Å². The summed E-state index contributed by atoms with van der Waals surface area (Å²) in [5.41, 5.74) is 4.10. The fraction of sp³-hybridized carbons (Fsp3) is 0.381. The molecule has 2 aromatic carbocycles. The van der Waals surface area contributed by atoms with Crippen molar-refractivity contribution in [3.8, 4) is 5.75 Å². The number of amides is 1. The fourth-order valence-corrected chi connectivity index (χ4v) is 3.73. The molecule has 0 radical (unpaired) electrons. The summed E-state index contributed by atoms with van der Waals surface area (Å²) in [5.74, 6) is 0.537. The van der Waals surface area contributed by atoms with Gasteiger partial charge in [0.1, 0.15) is 5.75 Å². The van der Waals surface area contributed by atoms with Gasteiger partial charge in [0, 0.05) is 17.1 Å². The third-order valence-electron chi connectivity index (χ3n) is 4.89. The minimum absolute atomic E-state index is 0.0374. The molecule has 1 aliphatic heterocycles. The van der Waals surface area contributed by atoms with Crippen LogP contribution in [0.5, 0.6) is 5.75 Å². The van der Waals surface area contributed by atoms with Crippen LogP contribution < -0.4 is 10.1 Å². The largest absolute Gasteiger partial charge is 0.495 e. The molecule has 0 spiro atoms. The van der Waals surface area contributed by atoms with E-state index in [0.717, 1.165) is 24.9 Å². The summed E-state index contributed by atoms with van der Waals surface area (Å²) in [6.07, 6.45) is 2.19. The smallest absolute Gasteiger partial charge is 0.238 e. The van der Waals surface area contributed by atoms with Crippen LogP contribution in [0.1, 0.15) is 35.6 Å². The second-order valence-electron chi connectivity index (χ2n) is 6.89. The summed E-state index contributed by atoms with van der Waals surface area (Å²) in [5, 5.41) is 3.60. The van der Waals surface area contributed by atoms with Crippen LogP contribution in [0.4, 0.5) is 5.69 Å². The molecule has 0 saturated carbocycles. The molecule has 4 nitrogen and oxygen atoms in total. The number of nitrogens with zero attached hydrogens (tertiary/aromatic N) is 1. The molecule has 1 amide bonds. The summed E-state index contributed by atoms with van der Waals surface area (Å²) in [7, 11) is 1.57. The predicted octanol–water partition coefficient (Wildman–Crippen LogP) is 4.74. The van der Waals surface area contributed by atoms with Crippen LogP contribution in [0, 0.1) is 13.8 Å². The van der Waals surface area contributed by atoms with E-state index in [-0.39, 0.29) is 5.91 Å². The average molecular weight is 373 g/mol. The molecule has 0 bridgehead atoms. The number of halogens is 1. The van der Waals surface area contributed by atoms with E-state index in [0.29, 0.717) is 29.0 Å². The molecule has 1 atom stereocenters. The monoisotopic (exact) mass is 372 g/mol. The molecule has 1 unspecified atom stereocenters. The van der Waals surface area contributed by atoms with Crippen LogP contribution in [-0.4, -0.2) is 31.0 Å². The normalized spacial score (nSPS) is 17.3. The van der Waals surface area contributed by atoms with Gasteiger partial charge in [-0.05, 0) is 50.4 Å². The highest BCUT2D eigenvalue weighted by Gasteiger charge is 2.27. The van der Waals surface area contributed by atoms with Gasteiger partial charge < -0.3 is 10.1 Å². The third kappa shape index (κ3) is 4.19. The first-order valence-electron chi connectivity index (χ1n) is 8.92. The number of carbonyl (C=O) groups is 1. The summed E-state index contributed by atoms with van der Waals surface area (Å²) < 4.78 is 5.34. The van der Waals surface area contributed by atoms with E-state index in [4.69, 9.17) is 16.3 Å². The van der Waals surface area contributed by atoms with Crippen molar-refractivity contribution >= 4 is 23.2 Å². The van der Waals surface area contributed by atoms with Crippen LogP contribution in [0.25, 0.3) is 0 Å². The van der Waals surface area contributed by atoms with Gasteiger partial charge >= 0.3 is 0 Å². The second kappa shape index (κ2) is 8.11. The number of hydrogen-bond donors (Lipinski definition) is 1. The molecule has 3 rings (SSSR count). The number of carbonyl (C=O) groups excluding carboxylic acids is 1. The molecule has 5 heteroatoms. The lowest BCUT2D eigenvalue weighted by Crippen LogP contribution is -2.33. The molecule has 1 fully saturated rings. The lowest BCUT2D eigenvalue weighted by molar-refractivity contribution is -0.117. The summed E-state index contributed by atoms with van der Waals surface area (Å²) in [6.45, 7) is 5.31. The third-order valence-corrected chi connectivity index (χ3v) is 5.30. The van der Waals surface area contributed by atoms with Crippen LogP contribution >= 0.6 is 11.6 Å². The second-order valence-corrected chi connectivity index (χ2v) is 7.30. The van der Waals surface area contributed by atoms with Crippen LogP contribution in [0.3, 0.4) is 0 Å². The van der Waals surface area contributed by atoms with Gasteiger partial charge in [0.15, 0.2) is 0 Å². The Morgan fingerprint density at radius 2 is 2.12 bits per heavy atom. The van der Waals surface area contributed by atoms with Gasteiger partial charge in [0.2, 0.25) is 5.91 Å². The van der Waals surface area contributed by atoms with Gasteiger partial charge in [-0.3, -0.25) is 9.69 Å². The zero-order valence-corrected chi connectivity index (χ0v) is 16.3. The Morgan fingerprint density at radius 3 is 2.85 bits per heavy atom. The van der Waals surface area contributed by atoms with Crippen LogP contribution in [-0.2, 0) is 4.79 Å². The number of hydrogen-bond acceptors (Lipinski definition) is 3. The summed E-state index contributed by atoms with van der Waals surface area (Å²) in [4.78, 5) is 14.9. The maximum Gasteiger partial charge on any atom is 0.238 e. The first kappa shape index (κ1) is 18.7. The van der Waals surface area contributed by atoms with Crippen molar-refractivity contribution in [3.63, 3.8) is 0 Å².